The van der Waals surface area contributed by atoms with Crippen molar-refractivity contribution in [2.24, 2.45) is 4.99 Å². The Morgan fingerprint density at radius 2 is 1.62 bits per heavy atom. The number of urea groups is 1. The van der Waals surface area contributed by atoms with E-state index in [1.165, 1.54) is 13.2 Å². The first-order chi connectivity index (χ1) is 18.7. The fourth-order valence-corrected chi connectivity index (χ4v) is 4.51. The third-order valence-electron chi connectivity index (χ3n) is 6.58. The van der Waals surface area contributed by atoms with Crippen LogP contribution in [0.4, 0.5) is 29.3 Å². The van der Waals surface area contributed by atoms with Crippen molar-refractivity contribution in [3.63, 3.8) is 0 Å². The Labute approximate surface area is 223 Å². The maximum Gasteiger partial charge on any atom is 0.416 e. The highest BCUT2D eigenvalue weighted by Gasteiger charge is 2.33. The van der Waals surface area contributed by atoms with E-state index in [1.807, 2.05) is 4.90 Å². The molecule has 0 saturated carbocycles. The maximum absolute atomic E-state index is 13.5. The van der Waals surface area contributed by atoms with Crippen LogP contribution >= 0.6 is 0 Å². The molecule has 2 amide bonds. The summed E-state index contributed by atoms with van der Waals surface area (Å²) in [7, 11) is 3.11. The van der Waals surface area contributed by atoms with Gasteiger partial charge in [0.15, 0.2) is 5.75 Å². The van der Waals surface area contributed by atoms with Crippen molar-refractivity contribution in [1.82, 2.24) is 9.80 Å². The average Bonchev–Trinajstić information content (AvgIpc) is 3.27. The molecule has 3 aromatic carbocycles. The number of fused-ring (bicyclic) bond motifs is 2. The summed E-state index contributed by atoms with van der Waals surface area (Å²) in [4.78, 5) is 21.3. The Kier molecular flexibility index (Phi) is 7.23. The SMILES string of the molecule is COc1ccc(NC(=O)N2CCCN(C3=Nc4cc(C(F)(F)F)ccc4Oc4ccc(OC)cc43)CC2)cc1. The van der Waals surface area contributed by atoms with Gasteiger partial charge in [0.1, 0.15) is 28.8 Å². The van der Waals surface area contributed by atoms with Crippen molar-refractivity contribution < 1.29 is 32.2 Å². The number of hydrogen-bond acceptors (Lipinski definition) is 6. The monoisotopic (exact) mass is 540 g/mol. The van der Waals surface area contributed by atoms with Crippen molar-refractivity contribution in [3.8, 4) is 23.0 Å². The Hall–Kier alpha value is -4.41. The normalized spacial score (nSPS) is 15.2. The third kappa shape index (κ3) is 5.71. The highest BCUT2D eigenvalue weighted by Crippen LogP contribution is 2.42. The van der Waals surface area contributed by atoms with Crippen LogP contribution in [0.2, 0.25) is 0 Å². The van der Waals surface area contributed by atoms with Crippen molar-refractivity contribution in [3.05, 3.63) is 71.8 Å². The molecule has 2 heterocycles. The zero-order valence-corrected chi connectivity index (χ0v) is 21.4. The number of nitrogens with one attached hydrogen (secondary N) is 1. The van der Waals surface area contributed by atoms with Crippen LogP contribution in [0.1, 0.15) is 17.5 Å². The second-order valence-corrected chi connectivity index (χ2v) is 9.07. The number of alkyl halides is 3. The second kappa shape index (κ2) is 10.8. The summed E-state index contributed by atoms with van der Waals surface area (Å²) >= 11 is 0. The third-order valence-corrected chi connectivity index (χ3v) is 6.58. The molecule has 0 aromatic heterocycles. The molecule has 0 unspecified atom stereocenters. The molecule has 2 aliphatic heterocycles. The van der Waals surface area contributed by atoms with Gasteiger partial charge in [-0.2, -0.15) is 13.2 Å². The van der Waals surface area contributed by atoms with Crippen LogP contribution in [0.15, 0.2) is 65.7 Å². The Balaban J connectivity index is 1.42. The first-order valence-corrected chi connectivity index (χ1v) is 12.4. The Bertz CT molecular complexity index is 1390. The van der Waals surface area contributed by atoms with Gasteiger partial charge >= 0.3 is 12.2 Å². The Morgan fingerprint density at radius 1 is 0.897 bits per heavy atom. The first-order valence-electron chi connectivity index (χ1n) is 12.4. The molecule has 0 atom stereocenters. The largest absolute Gasteiger partial charge is 0.497 e. The molecule has 5 rings (SSSR count). The van der Waals surface area contributed by atoms with Crippen LogP contribution < -0.4 is 19.5 Å². The van der Waals surface area contributed by atoms with E-state index in [0.29, 0.717) is 66.9 Å². The van der Waals surface area contributed by atoms with Crippen molar-refractivity contribution in [2.75, 3.05) is 45.7 Å². The minimum absolute atomic E-state index is 0.0772. The van der Waals surface area contributed by atoms with E-state index in [1.54, 1.807) is 54.5 Å². The molecule has 1 saturated heterocycles. The predicted octanol–water partition coefficient (Wildman–Crippen LogP) is 6.15. The molecule has 204 valence electrons. The van der Waals surface area contributed by atoms with Gasteiger partial charge in [0, 0.05) is 31.9 Å². The van der Waals surface area contributed by atoms with Gasteiger partial charge in [0.25, 0.3) is 0 Å². The molecular formula is C28H27F3N4O4. The minimum Gasteiger partial charge on any atom is -0.497 e. The second-order valence-electron chi connectivity index (χ2n) is 9.07. The summed E-state index contributed by atoms with van der Waals surface area (Å²) in [6, 6.07) is 15.3. The van der Waals surface area contributed by atoms with Gasteiger partial charge in [0.05, 0.1) is 25.3 Å². The van der Waals surface area contributed by atoms with Crippen molar-refractivity contribution in [1.29, 1.82) is 0 Å². The van der Waals surface area contributed by atoms with E-state index in [0.717, 1.165) is 12.1 Å². The van der Waals surface area contributed by atoms with Gasteiger partial charge in [-0.15, -0.1) is 0 Å². The lowest BCUT2D eigenvalue weighted by atomic mass is 10.1. The summed E-state index contributed by atoms with van der Waals surface area (Å²) in [6.07, 6.45) is -3.89. The summed E-state index contributed by atoms with van der Waals surface area (Å²) in [5, 5.41) is 2.90. The van der Waals surface area contributed by atoms with Gasteiger partial charge in [-0.1, -0.05) is 0 Å². The topological polar surface area (TPSA) is 75.6 Å². The quantitative estimate of drug-likeness (QED) is 0.432. The molecule has 0 aliphatic carbocycles. The lowest BCUT2D eigenvalue weighted by Gasteiger charge is -2.25. The highest BCUT2D eigenvalue weighted by molar-refractivity contribution is 6.04. The van der Waals surface area contributed by atoms with E-state index in [2.05, 4.69) is 10.3 Å². The van der Waals surface area contributed by atoms with Crippen LogP contribution in [0.25, 0.3) is 0 Å². The average molecular weight is 541 g/mol. The maximum atomic E-state index is 13.5. The van der Waals surface area contributed by atoms with E-state index in [4.69, 9.17) is 14.2 Å². The summed E-state index contributed by atoms with van der Waals surface area (Å²) in [5.41, 5.74) is 0.502. The number of amides is 2. The number of anilines is 1. The number of aliphatic imine (C=N–C) groups is 1. The standard InChI is InChI=1S/C28H27F3N4O4/c1-37-20-7-5-19(6-8-20)32-27(36)35-13-3-12-34(14-15-35)26-22-17-21(38-2)9-11-24(22)39-25-10-4-18(28(29,30)31)16-23(25)33-26/h4-11,16-17H,3,12-15H2,1-2H3,(H,32,36). The van der Waals surface area contributed by atoms with E-state index < -0.39 is 11.7 Å². The summed E-state index contributed by atoms with van der Waals surface area (Å²) in [6.45, 7) is 1.84. The molecular weight excluding hydrogens is 513 g/mol. The number of carbonyl (C=O) groups is 1. The van der Waals surface area contributed by atoms with E-state index in [-0.39, 0.29) is 17.5 Å². The summed E-state index contributed by atoms with van der Waals surface area (Å²) in [5.74, 6) is 2.38. The van der Waals surface area contributed by atoms with Crippen molar-refractivity contribution in [2.45, 2.75) is 12.6 Å². The predicted molar refractivity (Wildman–Crippen MR) is 140 cm³/mol. The fraction of sp³-hybridized carbons (Fsp3) is 0.286. The molecule has 8 nitrogen and oxygen atoms in total. The van der Waals surface area contributed by atoms with Crippen LogP contribution in [0.5, 0.6) is 23.0 Å². The van der Waals surface area contributed by atoms with Crippen LogP contribution in [0, 0.1) is 0 Å². The molecule has 1 N–H and O–H groups in total. The van der Waals surface area contributed by atoms with Gasteiger partial charge < -0.3 is 29.3 Å². The molecule has 0 radical (unpaired) electrons. The molecule has 39 heavy (non-hydrogen) atoms. The van der Waals surface area contributed by atoms with E-state index >= 15 is 0 Å². The smallest absolute Gasteiger partial charge is 0.416 e. The number of nitrogens with zero attached hydrogens (tertiary/aromatic N) is 3. The molecule has 2 aliphatic rings. The van der Waals surface area contributed by atoms with Gasteiger partial charge in [-0.3, -0.25) is 0 Å². The number of halogens is 3. The van der Waals surface area contributed by atoms with Crippen LogP contribution in [-0.2, 0) is 6.18 Å². The highest BCUT2D eigenvalue weighted by atomic mass is 19.4. The molecule has 11 heteroatoms. The number of rotatable bonds is 3. The zero-order chi connectivity index (χ0) is 27.6. The Morgan fingerprint density at radius 3 is 2.33 bits per heavy atom. The number of amidine groups is 1. The number of ether oxygens (including phenoxy) is 3. The van der Waals surface area contributed by atoms with Gasteiger partial charge in [0.2, 0.25) is 0 Å². The molecule has 1 fully saturated rings. The number of methoxy groups -OCH3 is 2. The lowest BCUT2D eigenvalue weighted by Crippen LogP contribution is -2.39. The van der Waals surface area contributed by atoms with Crippen LogP contribution in [-0.4, -0.2) is 62.1 Å². The lowest BCUT2D eigenvalue weighted by molar-refractivity contribution is -0.137. The fourth-order valence-electron chi connectivity index (χ4n) is 4.51. The molecule has 0 bridgehead atoms. The van der Waals surface area contributed by atoms with Gasteiger partial charge in [-0.05, 0) is 67.1 Å². The molecule has 0 spiro atoms. The van der Waals surface area contributed by atoms with E-state index in [9.17, 15) is 18.0 Å². The number of carbonyl (C=O) groups excluding carboxylic acids is 1. The summed E-state index contributed by atoms with van der Waals surface area (Å²) < 4.78 is 57.0. The first kappa shape index (κ1) is 26.2. The zero-order valence-electron chi connectivity index (χ0n) is 21.4. The number of hydrogen-bond donors (Lipinski definition) is 1. The van der Waals surface area contributed by atoms with Crippen molar-refractivity contribution >= 4 is 23.2 Å². The van der Waals surface area contributed by atoms with Crippen LogP contribution in [0.3, 0.4) is 0 Å². The number of benzene rings is 3. The van der Waals surface area contributed by atoms with Gasteiger partial charge in [-0.25, -0.2) is 9.79 Å². The molecule has 3 aromatic rings. The minimum atomic E-state index is -4.52.